The van der Waals surface area contributed by atoms with E-state index in [1.807, 2.05) is 0 Å². The smallest absolute Gasteiger partial charge is 0.423 e. The quantitative estimate of drug-likeness (QED) is 0.254. The Labute approximate surface area is 50.9 Å². The molecule has 0 rings (SSSR count). The molecule has 1 nitrogen and oxygen atoms in total. The van der Waals surface area contributed by atoms with Crippen molar-refractivity contribution in [1.82, 2.24) is 0 Å². The molecule has 2 heteroatoms. The summed E-state index contributed by atoms with van der Waals surface area (Å²) in [4.78, 5) is 0. The van der Waals surface area contributed by atoms with Crippen molar-refractivity contribution in [3.05, 3.63) is 6.92 Å². The van der Waals surface area contributed by atoms with Crippen LogP contribution in [0, 0.1) is 6.92 Å². The van der Waals surface area contributed by atoms with Crippen LogP contribution in [0.3, 0.4) is 0 Å². The minimum absolute atomic E-state index is 0. The molecule has 0 heterocycles. The van der Waals surface area contributed by atoms with Crippen molar-refractivity contribution < 1.29 is 24.0 Å². The third-order valence-corrected chi connectivity index (χ3v) is 0. The molecule has 0 saturated carbocycles. The molecule has 0 fully saturated rings. The standard InChI is InChI=1S/C4H9O.Li/c1-4(2,3)5;/h5H,1H2,2-3H3;/q-1;+1. The van der Waals surface area contributed by atoms with Crippen molar-refractivity contribution >= 4 is 0 Å². The van der Waals surface area contributed by atoms with Gasteiger partial charge < -0.3 is 12.0 Å². The maximum atomic E-state index is 8.41. The van der Waals surface area contributed by atoms with E-state index in [1.165, 1.54) is 0 Å². The number of aliphatic hydroxyl groups is 1. The molecule has 0 bridgehead atoms. The van der Waals surface area contributed by atoms with Crippen LogP contribution < -0.4 is 18.9 Å². The molecule has 0 aliphatic rings. The summed E-state index contributed by atoms with van der Waals surface area (Å²) >= 11 is 0. The summed E-state index contributed by atoms with van der Waals surface area (Å²) in [7, 11) is 0. The van der Waals surface area contributed by atoms with Gasteiger partial charge in [-0.25, -0.2) is 0 Å². The first-order valence-corrected chi connectivity index (χ1v) is 1.58. The molecule has 0 aromatic rings. The maximum Gasteiger partial charge on any atom is 1.00 e. The monoisotopic (exact) mass is 80.1 g/mol. The molecule has 0 aliphatic heterocycles. The van der Waals surface area contributed by atoms with Gasteiger partial charge in [0.05, 0.1) is 0 Å². The van der Waals surface area contributed by atoms with Crippen LogP contribution in [0.15, 0.2) is 0 Å². The van der Waals surface area contributed by atoms with Gasteiger partial charge >= 0.3 is 18.9 Å². The summed E-state index contributed by atoms with van der Waals surface area (Å²) in [6, 6.07) is 0. The fourth-order valence-corrected chi connectivity index (χ4v) is 0. The number of rotatable bonds is 0. The Morgan fingerprint density at radius 2 is 1.50 bits per heavy atom. The Morgan fingerprint density at radius 1 is 1.50 bits per heavy atom. The van der Waals surface area contributed by atoms with Crippen molar-refractivity contribution in [3.8, 4) is 0 Å². The van der Waals surface area contributed by atoms with Gasteiger partial charge in [0.25, 0.3) is 0 Å². The second kappa shape index (κ2) is 2.68. The van der Waals surface area contributed by atoms with Crippen LogP contribution in [0.25, 0.3) is 0 Å². The minimum Gasteiger partial charge on any atom is -0.423 e. The van der Waals surface area contributed by atoms with E-state index in [9.17, 15) is 0 Å². The van der Waals surface area contributed by atoms with Crippen LogP contribution in [0.5, 0.6) is 0 Å². The molecule has 1 N–H and O–H groups in total. The molecule has 6 heavy (non-hydrogen) atoms. The zero-order chi connectivity index (χ0) is 4.50. The van der Waals surface area contributed by atoms with E-state index in [2.05, 4.69) is 6.92 Å². The summed E-state index contributed by atoms with van der Waals surface area (Å²) in [5.41, 5.74) is -0.750. The van der Waals surface area contributed by atoms with Gasteiger partial charge in [0.1, 0.15) is 0 Å². The summed E-state index contributed by atoms with van der Waals surface area (Å²) in [6.07, 6.45) is 0. The fourth-order valence-electron chi connectivity index (χ4n) is 0. The van der Waals surface area contributed by atoms with E-state index < -0.39 is 5.60 Å². The van der Waals surface area contributed by atoms with Crippen molar-refractivity contribution in [2.75, 3.05) is 0 Å². The predicted octanol–water partition coefficient (Wildman–Crippen LogP) is -2.40. The maximum absolute atomic E-state index is 8.41. The SMILES string of the molecule is [CH2-]C(C)(C)O.[Li+]. The van der Waals surface area contributed by atoms with Gasteiger partial charge in [-0.2, -0.15) is 0 Å². The predicted molar refractivity (Wildman–Crippen MR) is 21.7 cm³/mol. The van der Waals surface area contributed by atoms with Crippen LogP contribution in [-0.2, 0) is 0 Å². The first kappa shape index (κ1) is 9.75. The summed E-state index contributed by atoms with van der Waals surface area (Å²) in [5.74, 6) is 0. The normalized spacial score (nSPS) is 10.0. The molecule has 0 atom stereocenters. The summed E-state index contributed by atoms with van der Waals surface area (Å²) < 4.78 is 0. The number of hydrogen-bond acceptors (Lipinski definition) is 1. The Kier molecular flexibility index (Phi) is 4.36. The van der Waals surface area contributed by atoms with Gasteiger partial charge in [0.15, 0.2) is 0 Å². The van der Waals surface area contributed by atoms with Gasteiger partial charge in [0.2, 0.25) is 0 Å². The molecule has 0 aromatic carbocycles. The zero-order valence-electron chi connectivity index (χ0n) is 4.65. The molecule has 0 amide bonds. The topological polar surface area (TPSA) is 20.2 Å². The third kappa shape index (κ3) is 186. The first-order chi connectivity index (χ1) is 2.00. The van der Waals surface area contributed by atoms with Crippen molar-refractivity contribution in [3.63, 3.8) is 0 Å². The van der Waals surface area contributed by atoms with Crippen LogP contribution in [-0.4, -0.2) is 10.7 Å². The van der Waals surface area contributed by atoms with E-state index in [0.29, 0.717) is 0 Å². The average molecular weight is 80.1 g/mol. The van der Waals surface area contributed by atoms with Gasteiger partial charge in [0, 0.05) is 0 Å². The van der Waals surface area contributed by atoms with E-state index in [0.717, 1.165) is 0 Å². The summed E-state index contributed by atoms with van der Waals surface area (Å²) in [5, 5.41) is 8.41. The molecule has 0 saturated heterocycles. The zero-order valence-corrected chi connectivity index (χ0v) is 4.65. The van der Waals surface area contributed by atoms with E-state index in [4.69, 9.17) is 5.11 Å². The van der Waals surface area contributed by atoms with Gasteiger partial charge in [-0.15, -0.1) is 0 Å². The van der Waals surface area contributed by atoms with Crippen molar-refractivity contribution in [1.29, 1.82) is 0 Å². The first-order valence-electron chi connectivity index (χ1n) is 1.58. The molecular formula is C4H9LiO. The number of hydrogen-bond donors (Lipinski definition) is 1. The third-order valence-electron chi connectivity index (χ3n) is 0. The largest absolute Gasteiger partial charge is 1.00 e. The molecule has 32 valence electrons. The molecule has 0 aliphatic carbocycles. The Balaban J connectivity index is 0. The molecule has 0 unspecified atom stereocenters. The van der Waals surface area contributed by atoms with E-state index in [-0.39, 0.29) is 18.9 Å². The van der Waals surface area contributed by atoms with Crippen molar-refractivity contribution in [2.24, 2.45) is 0 Å². The van der Waals surface area contributed by atoms with Crippen LogP contribution in [0.1, 0.15) is 13.8 Å². The molecule has 0 radical (unpaired) electrons. The van der Waals surface area contributed by atoms with Crippen LogP contribution in [0.2, 0.25) is 0 Å². The van der Waals surface area contributed by atoms with Gasteiger partial charge in [-0.3, -0.25) is 0 Å². The Bertz CT molecular complexity index is 23.0. The van der Waals surface area contributed by atoms with Gasteiger partial charge in [-0.05, 0) is 0 Å². The second-order valence-electron chi connectivity index (χ2n) is 1.81. The summed E-state index contributed by atoms with van der Waals surface area (Å²) in [6.45, 7) is 6.59. The average Bonchev–Trinajstić information content (AvgIpc) is 0.722. The Hall–Kier alpha value is 0.557. The molecule has 0 aromatic heterocycles. The van der Waals surface area contributed by atoms with Crippen molar-refractivity contribution in [2.45, 2.75) is 19.4 Å². The van der Waals surface area contributed by atoms with Crippen LogP contribution in [0.4, 0.5) is 0 Å². The Morgan fingerprint density at radius 3 is 1.50 bits per heavy atom. The molecular weight excluding hydrogens is 71.0 g/mol. The van der Waals surface area contributed by atoms with E-state index >= 15 is 0 Å². The second-order valence-corrected chi connectivity index (χ2v) is 1.81. The fraction of sp³-hybridized carbons (Fsp3) is 0.750. The molecule has 0 spiro atoms. The van der Waals surface area contributed by atoms with E-state index in [1.54, 1.807) is 13.8 Å². The van der Waals surface area contributed by atoms with Crippen LogP contribution >= 0.6 is 0 Å². The van der Waals surface area contributed by atoms with Gasteiger partial charge in [-0.1, -0.05) is 19.4 Å². The minimum atomic E-state index is -0.750.